The van der Waals surface area contributed by atoms with Crippen LogP contribution in [0.3, 0.4) is 0 Å². The summed E-state index contributed by atoms with van der Waals surface area (Å²) in [4.78, 5) is 17.4. The van der Waals surface area contributed by atoms with Crippen molar-refractivity contribution in [3.63, 3.8) is 0 Å². The number of carbonyl (C=O) groups excluding carboxylic acids is 1. The van der Waals surface area contributed by atoms with Crippen molar-refractivity contribution in [1.29, 1.82) is 0 Å². The predicted octanol–water partition coefficient (Wildman–Crippen LogP) is 4.49. The van der Waals surface area contributed by atoms with Gasteiger partial charge in [-0.1, -0.05) is 39.0 Å². The average Bonchev–Trinajstić information content (AvgIpc) is 3.25. The van der Waals surface area contributed by atoms with Gasteiger partial charge in [0.05, 0.1) is 26.4 Å². The van der Waals surface area contributed by atoms with Gasteiger partial charge in [-0.05, 0) is 25.5 Å². The van der Waals surface area contributed by atoms with Crippen LogP contribution in [-0.4, -0.2) is 41.6 Å². The molecule has 0 radical (unpaired) electrons. The van der Waals surface area contributed by atoms with Gasteiger partial charge in [0, 0.05) is 17.3 Å². The van der Waals surface area contributed by atoms with Crippen molar-refractivity contribution in [2.45, 2.75) is 58.4 Å². The molecule has 31 heavy (non-hydrogen) atoms. The molecule has 8 nitrogen and oxygen atoms in total. The monoisotopic (exact) mass is 428 g/mol. The first-order valence-electron chi connectivity index (χ1n) is 10.9. The summed E-state index contributed by atoms with van der Waals surface area (Å²) in [7, 11) is 3.19. The molecule has 1 N–H and O–H groups in total. The zero-order chi connectivity index (χ0) is 22.2. The Bertz CT molecular complexity index is 922. The molecule has 0 saturated heterocycles. The summed E-state index contributed by atoms with van der Waals surface area (Å²) < 4.78 is 18.3. The second-order valence-electron chi connectivity index (χ2n) is 7.61. The summed E-state index contributed by atoms with van der Waals surface area (Å²) >= 11 is 0. The van der Waals surface area contributed by atoms with Crippen LogP contribution < -0.4 is 14.8 Å². The second-order valence-corrected chi connectivity index (χ2v) is 7.61. The fourth-order valence-corrected chi connectivity index (χ4v) is 3.81. The smallest absolute Gasteiger partial charge is 0.338 e. The van der Waals surface area contributed by atoms with Gasteiger partial charge in [0.25, 0.3) is 0 Å². The fourth-order valence-electron chi connectivity index (χ4n) is 3.81. The number of fused-ring (bicyclic) bond motifs is 1. The minimum atomic E-state index is -0.517. The summed E-state index contributed by atoms with van der Waals surface area (Å²) in [6, 6.07) is 5.00. The van der Waals surface area contributed by atoms with Crippen molar-refractivity contribution in [2.75, 3.05) is 26.1 Å². The number of carbonyl (C=O) groups is 1. The van der Waals surface area contributed by atoms with E-state index in [4.69, 9.17) is 14.2 Å². The zero-order valence-corrected chi connectivity index (χ0v) is 18.8. The number of rotatable bonds is 11. The third kappa shape index (κ3) is 5.18. The minimum Gasteiger partial charge on any atom is -0.497 e. The molecule has 1 aliphatic heterocycles. The Balaban J connectivity index is 1.82. The molecule has 1 aromatic carbocycles. The highest BCUT2D eigenvalue weighted by molar-refractivity contribution is 5.92. The van der Waals surface area contributed by atoms with E-state index in [-0.39, 0.29) is 5.97 Å². The zero-order valence-electron chi connectivity index (χ0n) is 18.8. The topological polar surface area (TPSA) is 87.5 Å². The maximum atomic E-state index is 13.1. The lowest BCUT2D eigenvalue weighted by atomic mass is 9.95. The Morgan fingerprint density at radius 2 is 1.90 bits per heavy atom. The number of hydrogen-bond donors (Lipinski definition) is 1. The van der Waals surface area contributed by atoms with Crippen molar-refractivity contribution < 1.29 is 19.0 Å². The lowest BCUT2D eigenvalue weighted by molar-refractivity contribution is -0.139. The van der Waals surface area contributed by atoms with E-state index in [2.05, 4.69) is 22.3 Å². The highest BCUT2D eigenvalue weighted by Gasteiger charge is 2.36. The molecule has 168 valence electrons. The van der Waals surface area contributed by atoms with Gasteiger partial charge in [0.1, 0.15) is 23.9 Å². The number of anilines is 1. The Morgan fingerprint density at radius 1 is 1.13 bits per heavy atom. The highest BCUT2D eigenvalue weighted by Crippen LogP contribution is 2.40. The first kappa shape index (κ1) is 22.7. The number of allylic oxidation sites excluding steroid dienone is 1. The van der Waals surface area contributed by atoms with Crippen LogP contribution in [0.15, 0.2) is 35.8 Å². The van der Waals surface area contributed by atoms with E-state index in [0.717, 1.165) is 18.4 Å². The van der Waals surface area contributed by atoms with Gasteiger partial charge in [-0.3, -0.25) is 0 Å². The van der Waals surface area contributed by atoms with Crippen LogP contribution in [0, 0.1) is 0 Å². The number of nitrogens with zero attached hydrogens (tertiary/aromatic N) is 3. The number of nitrogens with one attached hydrogen (secondary N) is 1. The van der Waals surface area contributed by atoms with Crippen LogP contribution in [0.25, 0.3) is 0 Å². The summed E-state index contributed by atoms with van der Waals surface area (Å²) in [6.45, 7) is 4.45. The molecule has 2 aromatic rings. The van der Waals surface area contributed by atoms with E-state index in [9.17, 15) is 4.79 Å². The van der Waals surface area contributed by atoms with Gasteiger partial charge >= 0.3 is 5.97 Å². The molecule has 8 heteroatoms. The van der Waals surface area contributed by atoms with Crippen molar-refractivity contribution in [3.8, 4) is 11.5 Å². The second kappa shape index (κ2) is 10.8. The van der Waals surface area contributed by atoms with Crippen molar-refractivity contribution >= 4 is 11.9 Å². The highest BCUT2D eigenvalue weighted by atomic mass is 16.5. The quantitative estimate of drug-likeness (QED) is 0.417. The Kier molecular flexibility index (Phi) is 7.92. The molecule has 0 amide bonds. The van der Waals surface area contributed by atoms with Gasteiger partial charge < -0.3 is 19.5 Å². The number of benzene rings is 1. The lowest BCUT2D eigenvalue weighted by Gasteiger charge is -2.29. The summed E-state index contributed by atoms with van der Waals surface area (Å²) in [5.41, 5.74) is 1.96. The van der Waals surface area contributed by atoms with E-state index in [0.29, 0.717) is 35.3 Å². The van der Waals surface area contributed by atoms with Crippen molar-refractivity contribution in [1.82, 2.24) is 14.8 Å². The maximum Gasteiger partial charge on any atom is 0.338 e. The average molecular weight is 429 g/mol. The van der Waals surface area contributed by atoms with E-state index >= 15 is 0 Å². The van der Waals surface area contributed by atoms with Gasteiger partial charge in [-0.2, -0.15) is 10.1 Å². The van der Waals surface area contributed by atoms with Crippen molar-refractivity contribution in [3.05, 3.63) is 41.4 Å². The maximum absolute atomic E-state index is 13.1. The Morgan fingerprint density at radius 3 is 2.65 bits per heavy atom. The number of unbranched alkanes of at least 4 members (excludes halogenated alkanes) is 5. The third-order valence-electron chi connectivity index (χ3n) is 5.48. The largest absolute Gasteiger partial charge is 0.497 e. The molecular formula is C23H32N4O4. The van der Waals surface area contributed by atoms with Gasteiger partial charge in [-0.25, -0.2) is 9.48 Å². The van der Waals surface area contributed by atoms with Crippen LogP contribution in [0.2, 0.25) is 0 Å². The molecule has 3 rings (SSSR count). The van der Waals surface area contributed by atoms with Crippen LogP contribution in [0.1, 0.15) is 64.0 Å². The van der Waals surface area contributed by atoms with Crippen LogP contribution in [0.5, 0.6) is 11.5 Å². The van der Waals surface area contributed by atoms with Crippen LogP contribution in [-0.2, 0) is 9.53 Å². The fraction of sp³-hybridized carbons (Fsp3) is 0.522. The number of ether oxygens (including phenoxy) is 3. The standard InChI is InChI=1S/C23H32N4O4/c1-5-6-7-8-9-10-13-31-22(28)20-16(2)26-23-24-15-25-27(23)21(20)18-12-11-17(29-3)14-19(18)30-4/h11-12,14-15,21H,5-10,13H2,1-4H3,(H,24,25,26). The number of methoxy groups -OCH3 is 2. The summed E-state index contributed by atoms with van der Waals surface area (Å²) in [6.07, 6.45) is 8.25. The molecule has 1 atom stereocenters. The van der Waals surface area contributed by atoms with E-state index in [1.165, 1.54) is 32.0 Å². The number of hydrogen-bond acceptors (Lipinski definition) is 7. The number of esters is 1. The lowest BCUT2D eigenvalue weighted by Crippen LogP contribution is -2.30. The first-order chi connectivity index (χ1) is 15.1. The predicted molar refractivity (Wildman–Crippen MR) is 118 cm³/mol. The van der Waals surface area contributed by atoms with Crippen LogP contribution in [0.4, 0.5) is 5.95 Å². The van der Waals surface area contributed by atoms with E-state index in [1.807, 2.05) is 19.1 Å². The molecule has 0 saturated carbocycles. The third-order valence-corrected chi connectivity index (χ3v) is 5.48. The summed E-state index contributed by atoms with van der Waals surface area (Å²) in [5.74, 6) is 1.47. The van der Waals surface area contributed by atoms with Gasteiger partial charge in [-0.15, -0.1) is 0 Å². The molecule has 2 heterocycles. The Hall–Kier alpha value is -3.03. The molecule has 0 fully saturated rings. The Labute approximate surface area is 183 Å². The van der Waals surface area contributed by atoms with Gasteiger partial charge in [0.2, 0.25) is 5.95 Å². The molecule has 0 spiro atoms. The minimum absolute atomic E-state index is 0.359. The summed E-state index contributed by atoms with van der Waals surface area (Å²) in [5, 5.41) is 7.51. The van der Waals surface area contributed by atoms with Crippen LogP contribution >= 0.6 is 0 Å². The van der Waals surface area contributed by atoms with Crippen molar-refractivity contribution in [2.24, 2.45) is 0 Å². The van der Waals surface area contributed by atoms with E-state index < -0.39 is 6.04 Å². The molecule has 0 aliphatic carbocycles. The van der Waals surface area contributed by atoms with Gasteiger partial charge in [0.15, 0.2) is 0 Å². The normalized spacial score (nSPS) is 15.3. The first-order valence-corrected chi connectivity index (χ1v) is 10.9. The molecule has 1 unspecified atom stereocenters. The molecule has 1 aliphatic rings. The van der Waals surface area contributed by atoms with E-state index in [1.54, 1.807) is 25.0 Å². The number of aromatic nitrogens is 3. The molecule has 1 aromatic heterocycles. The molecular weight excluding hydrogens is 396 g/mol. The molecule has 0 bridgehead atoms. The SMILES string of the molecule is CCCCCCCCOC(=O)C1=C(C)Nc2ncnn2C1c1ccc(OC)cc1OC.